The SMILES string of the molecule is O=S(=O)(O)c1ccc(/C=C/CO)cc1. The van der Waals surface area contributed by atoms with Gasteiger partial charge in [0, 0.05) is 0 Å². The van der Waals surface area contributed by atoms with Gasteiger partial charge in [0.25, 0.3) is 10.1 Å². The van der Waals surface area contributed by atoms with Crippen LogP contribution < -0.4 is 0 Å². The maximum absolute atomic E-state index is 10.7. The van der Waals surface area contributed by atoms with Gasteiger partial charge in [-0.3, -0.25) is 4.55 Å². The number of aliphatic hydroxyl groups excluding tert-OH is 1. The highest BCUT2D eigenvalue weighted by Crippen LogP contribution is 2.10. The first-order valence-corrected chi connectivity index (χ1v) is 5.33. The van der Waals surface area contributed by atoms with Crippen LogP contribution in [-0.2, 0) is 10.1 Å². The first kappa shape index (κ1) is 10.9. The van der Waals surface area contributed by atoms with Gasteiger partial charge in [-0.15, -0.1) is 0 Å². The molecule has 0 aliphatic carbocycles. The first-order valence-electron chi connectivity index (χ1n) is 3.89. The second kappa shape index (κ2) is 4.36. The molecule has 0 unspecified atom stereocenters. The Morgan fingerprint density at radius 1 is 1.21 bits per heavy atom. The standard InChI is InChI=1S/C9H10O4S/c10-7-1-2-8-3-5-9(6-4-8)14(11,12)13/h1-6,10H,7H2,(H,11,12,13)/b2-1+. The third-order valence-corrected chi connectivity index (χ3v) is 2.46. The predicted molar refractivity (Wildman–Crippen MR) is 52.4 cm³/mol. The van der Waals surface area contributed by atoms with Gasteiger partial charge in [0.2, 0.25) is 0 Å². The molecule has 0 aliphatic heterocycles. The highest BCUT2D eigenvalue weighted by atomic mass is 32.2. The minimum atomic E-state index is -4.11. The summed E-state index contributed by atoms with van der Waals surface area (Å²) in [6.45, 7) is -0.0694. The Hall–Kier alpha value is -1.17. The molecule has 0 heterocycles. The van der Waals surface area contributed by atoms with E-state index >= 15 is 0 Å². The molecule has 0 spiro atoms. The van der Waals surface area contributed by atoms with E-state index in [0.717, 1.165) is 5.56 Å². The first-order chi connectivity index (χ1) is 6.54. The number of hydrogen-bond acceptors (Lipinski definition) is 3. The molecule has 0 saturated heterocycles. The molecule has 0 amide bonds. The molecule has 0 saturated carbocycles. The van der Waals surface area contributed by atoms with E-state index in [1.54, 1.807) is 6.08 Å². The smallest absolute Gasteiger partial charge is 0.294 e. The van der Waals surface area contributed by atoms with Gasteiger partial charge >= 0.3 is 0 Å². The molecule has 0 fully saturated rings. The zero-order valence-corrected chi connectivity index (χ0v) is 8.11. The summed E-state index contributed by atoms with van der Waals surface area (Å²) in [5, 5.41) is 8.49. The molecule has 0 bridgehead atoms. The molecular formula is C9H10O4S. The molecule has 2 N–H and O–H groups in total. The average Bonchev–Trinajstić information content (AvgIpc) is 2.14. The summed E-state index contributed by atoms with van der Waals surface area (Å²) in [5.74, 6) is 0. The summed E-state index contributed by atoms with van der Waals surface area (Å²) in [5.41, 5.74) is 0.756. The molecule has 0 aliphatic rings. The molecule has 76 valence electrons. The molecule has 1 rings (SSSR count). The summed E-state index contributed by atoms with van der Waals surface area (Å²) >= 11 is 0. The predicted octanol–water partition coefficient (Wildman–Crippen LogP) is 0.939. The Balaban J connectivity index is 2.95. The quantitative estimate of drug-likeness (QED) is 0.734. The van der Waals surface area contributed by atoms with Crippen LogP contribution in [0.2, 0.25) is 0 Å². The summed E-state index contributed by atoms with van der Waals surface area (Å²) in [6, 6.07) is 5.67. The lowest BCUT2D eigenvalue weighted by Gasteiger charge is -1.97. The largest absolute Gasteiger partial charge is 0.392 e. The van der Waals surface area contributed by atoms with Crippen LogP contribution in [0.4, 0.5) is 0 Å². The van der Waals surface area contributed by atoms with Crippen molar-refractivity contribution in [3.63, 3.8) is 0 Å². The van der Waals surface area contributed by atoms with Gasteiger partial charge in [0.15, 0.2) is 0 Å². The maximum atomic E-state index is 10.7. The molecule has 14 heavy (non-hydrogen) atoms. The summed E-state index contributed by atoms with van der Waals surface area (Å²) in [6.07, 6.45) is 3.18. The van der Waals surface area contributed by atoms with Crippen LogP contribution in [0.1, 0.15) is 5.56 Å². The zero-order valence-electron chi connectivity index (χ0n) is 7.29. The van der Waals surface area contributed by atoms with Crippen molar-refractivity contribution < 1.29 is 18.1 Å². The summed E-state index contributed by atoms with van der Waals surface area (Å²) < 4.78 is 30.0. The van der Waals surface area contributed by atoms with Crippen molar-refractivity contribution in [3.8, 4) is 0 Å². The third kappa shape index (κ3) is 2.95. The second-order valence-corrected chi connectivity index (χ2v) is 4.05. The fourth-order valence-corrected chi connectivity index (χ4v) is 1.42. The molecule has 0 aromatic heterocycles. The van der Waals surface area contributed by atoms with E-state index < -0.39 is 10.1 Å². The van der Waals surface area contributed by atoms with Crippen LogP contribution in [0.3, 0.4) is 0 Å². The number of benzene rings is 1. The van der Waals surface area contributed by atoms with Crippen molar-refractivity contribution in [1.29, 1.82) is 0 Å². The molecule has 4 nitrogen and oxygen atoms in total. The molecule has 1 aromatic rings. The fraction of sp³-hybridized carbons (Fsp3) is 0.111. The monoisotopic (exact) mass is 214 g/mol. The molecule has 0 atom stereocenters. The highest BCUT2D eigenvalue weighted by Gasteiger charge is 2.07. The third-order valence-electron chi connectivity index (χ3n) is 1.59. The van der Waals surface area contributed by atoms with E-state index in [0.29, 0.717) is 0 Å². The Bertz CT molecular complexity index is 417. The van der Waals surface area contributed by atoms with Gasteiger partial charge in [0.05, 0.1) is 11.5 Å². The highest BCUT2D eigenvalue weighted by molar-refractivity contribution is 7.85. The average molecular weight is 214 g/mol. The minimum Gasteiger partial charge on any atom is -0.392 e. The van der Waals surface area contributed by atoms with E-state index in [2.05, 4.69) is 0 Å². The lowest BCUT2D eigenvalue weighted by molar-refractivity contribution is 0.343. The fourth-order valence-electron chi connectivity index (χ4n) is 0.940. The van der Waals surface area contributed by atoms with Gasteiger partial charge in [-0.1, -0.05) is 24.3 Å². The molecule has 1 aromatic carbocycles. The van der Waals surface area contributed by atoms with Crippen molar-refractivity contribution in [2.45, 2.75) is 4.90 Å². The van der Waals surface area contributed by atoms with Crippen LogP contribution in [0.5, 0.6) is 0 Å². The summed E-state index contributed by atoms with van der Waals surface area (Å²) in [4.78, 5) is -0.140. The number of hydrogen-bond donors (Lipinski definition) is 2. The molecular weight excluding hydrogens is 204 g/mol. The summed E-state index contributed by atoms with van der Waals surface area (Å²) in [7, 11) is -4.11. The Labute approximate surface area is 82.3 Å². The Kier molecular flexibility index (Phi) is 3.40. The van der Waals surface area contributed by atoms with Crippen LogP contribution >= 0.6 is 0 Å². The van der Waals surface area contributed by atoms with Crippen molar-refractivity contribution >= 4 is 16.2 Å². The van der Waals surface area contributed by atoms with Crippen molar-refractivity contribution in [1.82, 2.24) is 0 Å². The zero-order chi connectivity index (χ0) is 10.6. The topological polar surface area (TPSA) is 74.6 Å². The Morgan fingerprint density at radius 3 is 2.21 bits per heavy atom. The van der Waals surface area contributed by atoms with E-state index in [9.17, 15) is 8.42 Å². The van der Waals surface area contributed by atoms with E-state index in [1.165, 1.54) is 30.3 Å². The van der Waals surface area contributed by atoms with Gasteiger partial charge in [-0.05, 0) is 17.7 Å². The molecule has 0 radical (unpaired) electrons. The van der Waals surface area contributed by atoms with Gasteiger partial charge < -0.3 is 5.11 Å². The van der Waals surface area contributed by atoms with Crippen LogP contribution in [0.15, 0.2) is 35.2 Å². The lowest BCUT2D eigenvalue weighted by atomic mass is 10.2. The van der Waals surface area contributed by atoms with Gasteiger partial charge in [0.1, 0.15) is 0 Å². The van der Waals surface area contributed by atoms with Gasteiger partial charge in [-0.2, -0.15) is 8.42 Å². The van der Waals surface area contributed by atoms with Crippen molar-refractivity contribution in [2.75, 3.05) is 6.61 Å². The normalized spacial score (nSPS) is 12.1. The van der Waals surface area contributed by atoms with E-state index in [1.807, 2.05) is 0 Å². The van der Waals surface area contributed by atoms with E-state index in [4.69, 9.17) is 9.66 Å². The van der Waals surface area contributed by atoms with Crippen molar-refractivity contribution in [3.05, 3.63) is 35.9 Å². The minimum absolute atomic E-state index is 0.0694. The van der Waals surface area contributed by atoms with Gasteiger partial charge in [-0.25, -0.2) is 0 Å². The van der Waals surface area contributed by atoms with Crippen molar-refractivity contribution in [2.24, 2.45) is 0 Å². The maximum Gasteiger partial charge on any atom is 0.294 e. The second-order valence-electron chi connectivity index (χ2n) is 2.63. The Morgan fingerprint density at radius 2 is 1.79 bits per heavy atom. The molecule has 5 heteroatoms. The van der Waals surface area contributed by atoms with Crippen LogP contribution in [0, 0.1) is 0 Å². The van der Waals surface area contributed by atoms with Crippen LogP contribution in [-0.4, -0.2) is 24.7 Å². The number of aliphatic hydroxyl groups is 1. The lowest BCUT2D eigenvalue weighted by Crippen LogP contribution is -1.97. The number of rotatable bonds is 3. The van der Waals surface area contributed by atoms with Crippen LogP contribution in [0.25, 0.3) is 6.08 Å². The van der Waals surface area contributed by atoms with E-state index in [-0.39, 0.29) is 11.5 Å².